The molecule has 0 atom stereocenters. The highest BCUT2D eigenvalue weighted by Gasteiger charge is 2.65. The molecule has 0 saturated carbocycles. The van der Waals surface area contributed by atoms with Gasteiger partial charge in [-0.3, -0.25) is 4.79 Å². The third-order valence-electron chi connectivity index (χ3n) is 4.16. The molecule has 4 nitrogen and oxygen atoms in total. The van der Waals surface area contributed by atoms with Crippen LogP contribution in [0.15, 0.2) is 59.3 Å². The summed E-state index contributed by atoms with van der Waals surface area (Å²) in [6, 6.07) is 8.06. The molecule has 0 aliphatic heterocycles. The van der Waals surface area contributed by atoms with Gasteiger partial charge in [0, 0.05) is 29.9 Å². The molecule has 0 spiro atoms. The van der Waals surface area contributed by atoms with Crippen molar-refractivity contribution in [2.24, 2.45) is 0 Å². The summed E-state index contributed by atoms with van der Waals surface area (Å²) in [5.41, 5.74) is 0.734. The second kappa shape index (κ2) is 6.15. The van der Waals surface area contributed by atoms with Crippen LogP contribution < -0.4 is 0 Å². The van der Waals surface area contributed by atoms with Crippen LogP contribution in [0.1, 0.15) is 18.1 Å². The minimum Gasteiger partial charge on any atom is -0.327 e. The van der Waals surface area contributed by atoms with Gasteiger partial charge in [-0.15, -0.1) is 0 Å². The summed E-state index contributed by atoms with van der Waals surface area (Å²) in [6.07, 6.45) is 4.33. The number of halogens is 5. The molecule has 0 N–H and O–H groups in total. The Morgan fingerprint density at radius 1 is 1.21 bits per heavy atom. The van der Waals surface area contributed by atoms with E-state index in [9.17, 15) is 24.2 Å². The molecule has 0 aliphatic rings. The number of fused-ring (bicyclic) bond motifs is 1. The SMILES string of the molecule is CC(=O)/C(C#N)=C/c1cn(Cc2cccc(S(F)(F)(F)(F)F)c2)c2ncccc12. The zero-order valence-corrected chi connectivity index (χ0v) is 15.8. The van der Waals surface area contributed by atoms with Crippen LogP contribution in [0.5, 0.6) is 0 Å². The van der Waals surface area contributed by atoms with E-state index in [2.05, 4.69) is 4.98 Å². The Kier molecular flexibility index (Phi) is 4.36. The van der Waals surface area contributed by atoms with Crippen molar-refractivity contribution in [3.63, 3.8) is 0 Å². The van der Waals surface area contributed by atoms with Gasteiger partial charge >= 0.3 is 10.2 Å². The van der Waals surface area contributed by atoms with Gasteiger partial charge in [0.1, 0.15) is 16.6 Å². The third kappa shape index (κ3) is 4.46. The fraction of sp³-hybridized carbons (Fsp3) is 0.105. The van der Waals surface area contributed by atoms with E-state index in [-0.39, 0.29) is 17.7 Å². The van der Waals surface area contributed by atoms with Crippen molar-refractivity contribution in [1.29, 1.82) is 5.26 Å². The lowest BCUT2D eigenvalue weighted by Gasteiger charge is -2.40. The van der Waals surface area contributed by atoms with Gasteiger partial charge in [-0.25, -0.2) is 4.98 Å². The molecule has 2 aromatic heterocycles. The van der Waals surface area contributed by atoms with Gasteiger partial charge < -0.3 is 4.57 Å². The van der Waals surface area contributed by atoms with Gasteiger partial charge in [0.05, 0.1) is 5.57 Å². The van der Waals surface area contributed by atoms with Crippen molar-refractivity contribution < 1.29 is 24.2 Å². The van der Waals surface area contributed by atoms with Crippen molar-refractivity contribution >= 4 is 33.1 Å². The Morgan fingerprint density at radius 2 is 1.93 bits per heavy atom. The maximum absolute atomic E-state index is 13.1. The van der Waals surface area contributed by atoms with Crippen molar-refractivity contribution in [2.75, 3.05) is 0 Å². The van der Waals surface area contributed by atoms with E-state index < -0.39 is 20.9 Å². The molecule has 1 aromatic carbocycles. The number of hydrogen-bond acceptors (Lipinski definition) is 3. The van der Waals surface area contributed by atoms with Gasteiger partial charge in [-0.2, -0.15) is 5.26 Å². The number of rotatable bonds is 5. The number of aromatic nitrogens is 2. The number of ketones is 1. The highest BCUT2D eigenvalue weighted by Crippen LogP contribution is 3.02. The second-order valence-corrected chi connectivity index (χ2v) is 8.84. The lowest BCUT2D eigenvalue weighted by Crippen LogP contribution is -2.07. The predicted molar refractivity (Wildman–Crippen MR) is 101 cm³/mol. The van der Waals surface area contributed by atoms with Crippen LogP contribution in [0.4, 0.5) is 19.4 Å². The van der Waals surface area contributed by atoms with Gasteiger partial charge in [0.2, 0.25) is 0 Å². The van der Waals surface area contributed by atoms with Gasteiger partial charge in [-0.05, 0) is 42.8 Å². The molecule has 152 valence electrons. The number of nitriles is 1. The zero-order valence-electron chi connectivity index (χ0n) is 15.0. The Morgan fingerprint density at radius 3 is 2.55 bits per heavy atom. The van der Waals surface area contributed by atoms with Crippen LogP contribution in [-0.4, -0.2) is 15.3 Å². The van der Waals surface area contributed by atoms with Crippen LogP contribution in [0.3, 0.4) is 0 Å². The molecule has 0 radical (unpaired) electrons. The summed E-state index contributed by atoms with van der Waals surface area (Å²) in [4.78, 5) is 13.7. The van der Waals surface area contributed by atoms with Crippen molar-refractivity contribution in [3.05, 3.63) is 65.5 Å². The molecule has 3 rings (SSSR count). The lowest BCUT2D eigenvalue weighted by atomic mass is 10.1. The van der Waals surface area contributed by atoms with Crippen LogP contribution in [-0.2, 0) is 11.3 Å². The minimum atomic E-state index is -9.79. The molecular formula is C19H14F5N3OS. The quantitative estimate of drug-likeness (QED) is 0.275. The summed E-state index contributed by atoms with van der Waals surface area (Å²) < 4.78 is 66.9. The van der Waals surface area contributed by atoms with E-state index in [0.29, 0.717) is 28.7 Å². The Labute approximate surface area is 162 Å². The summed E-state index contributed by atoms with van der Waals surface area (Å²) in [7, 11) is -9.79. The van der Waals surface area contributed by atoms with Gasteiger partial charge in [0.15, 0.2) is 5.78 Å². The maximum atomic E-state index is 13.1. The average molecular weight is 427 g/mol. The molecule has 0 fully saturated rings. The van der Waals surface area contributed by atoms with E-state index in [1.54, 1.807) is 18.2 Å². The molecule has 0 amide bonds. The normalized spacial score (nSPS) is 14.9. The van der Waals surface area contributed by atoms with Crippen molar-refractivity contribution in [1.82, 2.24) is 9.55 Å². The Hall–Kier alpha value is -3.19. The van der Waals surface area contributed by atoms with Crippen molar-refractivity contribution in [3.8, 4) is 6.07 Å². The molecule has 0 saturated heterocycles. The number of nitrogens with zero attached hydrogens (tertiary/aromatic N) is 3. The van der Waals surface area contributed by atoms with Crippen molar-refractivity contribution in [2.45, 2.75) is 18.4 Å². The molecule has 3 aromatic rings. The van der Waals surface area contributed by atoms with E-state index in [1.165, 1.54) is 36.0 Å². The summed E-state index contributed by atoms with van der Waals surface area (Å²) >= 11 is 0. The minimum absolute atomic E-state index is 0.000840. The number of allylic oxidation sites excluding steroid dienone is 1. The first-order chi connectivity index (χ1) is 13.3. The fourth-order valence-electron chi connectivity index (χ4n) is 2.83. The molecule has 0 aliphatic carbocycles. The van der Waals surface area contributed by atoms with Gasteiger partial charge in [0.25, 0.3) is 0 Å². The molecule has 10 heteroatoms. The first-order valence-electron chi connectivity index (χ1n) is 8.18. The van der Waals surface area contributed by atoms with Crippen LogP contribution in [0.25, 0.3) is 17.1 Å². The molecule has 0 bridgehead atoms. The fourth-order valence-corrected chi connectivity index (χ4v) is 3.54. The van der Waals surface area contributed by atoms with Crippen LogP contribution in [0.2, 0.25) is 0 Å². The highest BCUT2D eigenvalue weighted by molar-refractivity contribution is 8.45. The monoisotopic (exact) mass is 427 g/mol. The number of pyridine rings is 1. The number of carbonyl (C=O) groups is 1. The zero-order chi connectivity index (χ0) is 21.5. The van der Waals surface area contributed by atoms with Crippen LogP contribution in [0, 0.1) is 11.3 Å². The number of benzene rings is 1. The molecule has 0 unspecified atom stereocenters. The Balaban J connectivity index is 2.10. The third-order valence-corrected chi connectivity index (χ3v) is 5.31. The standard InChI is InChI=1S/C19H14F5N3OS/c1-13(28)15(10-25)9-16-12-27(19-18(16)6-3-7-26-19)11-14-4-2-5-17(8-14)29(20,21,22,23)24/h2-9,12H,11H2,1H3/b15-9+. The number of hydrogen-bond donors (Lipinski definition) is 0. The van der Waals surface area contributed by atoms with E-state index in [1.807, 2.05) is 0 Å². The summed E-state index contributed by atoms with van der Waals surface area (Å²) in [6.45, 7) is 1.07. The summed E-state index contributed by atoms with van der Waals surface area (Å²) in [5, 5.41) is 9.65. The van der Waals surface area contributed by atoms with Crippen LogP contribution >= 0.6 is 10.2 Å². The highest BCUT2D eigenvalue weighted by atomic mass is 32.5. The predicted octanol–water partition coefficient (Wildman–Crippen LogP) is 6.24. The number of carbonyl (C=O) groups excluding carboxylic acids is 1. The average Bonchev–Trinajstić information content (AvgIpc) is 2.95. The van der Waals surface area contributed by atoms with E-state index in [0.717, 1.165) is 6.07 Å². The largest absolute Gasteiger partial charge is 0.327 e. The maximum Gasteiger partial charge on any atom is 0.310 e. The van der Waals surface area contributed by atoms with E-state index in [4.69, 9.17) is 5.26 Å². The topological polar surface area (TPSA) is 58.7 Å². The Bertz CT molecular complexity index is 1210. The lowest BCUT2D eigenvalue weighted by molar-refractivity contribution is -0.113. The van der Waals surface area contributed by atoms with E-state index >= 15 is 0 Å². The molecule has 2 heterocycles. The molecular weight excluding hydrogens is 413 g/mol. The number of Topliss-reactive ketones (excluding diaryl/α,β-unsaturated/α-hetero) is 1. The molecule has 29 heavy (non-hydrogen) atoms. The second-order valence-electron chi connectivity index (χ2n) is 6.43. The van der Waals surface area contributed by atoms with Gasteiger partial charge in [-0.1, -0.05) is 31.6 Å². The smallest absolute Gasteiger partial charge is 0.310 e. The first kappa shape index (κ1) is 20.5. The summed E-state index contributed by atoms with van der Waals surface area (Å²) in [5.74, 6) is -0.444. The first-order valence-corrected chi connectivity index (χ1v) is 10.1.